The molecule has 0 N–H and O–H groups in total. The molecule has 2 aromatic heterocycles. The first-order valence-corrected chi connectivity index (χ1v) is 24.3. The summed E-state index contributed by atoms with van der Waals surface area (Å²) >= 11 is 0. The summed E-state index contributed by atoms with van der Waals surface area (Å²) in [6.07, 6.45) is 0. The lowest BCUT2D eigenvalue weighted by molar-refractivity contribution is 0.669. The van der Waals surface area contributed by atoms with Crippen LogP contribution in [0, 0.1) is 0 Å². The first-order chi connectivity index (χ1) is 35.2. The summed E-state index contributed by atoms with van der Waals surface area (Å²) in [5.41, 5.74) is 17.9. The van der Waals surface area contributed by atoms with Crippen molar-refractivity contribution < 1.29 is 4.42 Å². The molecular weight excluding hydrogens is 861 g/mol. The third kappa shape index (κ3) is 6.82. The third-order valence-corrected chi connectivity index (χ3v) is 14.3. The molecule has 0 aliphatic heterocycles. The number of hydrogen-bond acceptors (Lipinski definition) is 2. The van der Waals surface area contributed by atoms with Crippen molar-refractivity contribution in [1.29, 1.82) is 0 Å². The topological polar surface area (TPSA) is 21.3 Å². The molecule has 0 saturated heterocycles. The zero-order valence-electron chi connectivity index (χ0n) is 38.7. The predicted molar refractivity (Wildman–Crippen MR) is 299 cm³/mol. The Labute approximate surface area is 411 Å². The fourth-order valence-corrected chi connectivity index (χ4v) is 11.1. The minimum absolute atomic E-state index is 0.882. The van der Waals surface area contributed by atoms with Gasteiger partial charge in [0.15, 0.2) is 0 Å². The Morgan fingerprint density at radius 3 is 1.32 bits per heavy atom. The van der Waals surface area contributed by atoms with Gasteiger partial charge in [0.1, 0.15) is 11.2 Å². The summed E-state index contributed by atoms with van der Waals surface area (Å²) in [7, 11) is 0. The Kier molecular flexibility index (Phi) is 9.53. The van der Waals surface area contributed by atoms with E-state index in [0.717, 1.165) is 72.5 Å². The SMILES string of the molecule is c1ccc(N(c2ccccc2)c2ccc(-c3c4ccccc4c(-c4cc(-c5ccc6c(c5)oc5ccccc56)cc(-c5ccc6c(c5)c5ccccc5n6-c5ccccc5)c4)c4ccccc34)cc2)cc1. The number of benzene rings is 12. The molecule has 0 fully saturated rings. The largest absolute Gasteiger partial charge is 0.456 e. The van der Waals surface area contributed by atoms with Crippen molar-refractivity contribution in [2.45, 2.75) is 0 Å². The van der Waals surface area contributed by atoms with Crippen LogP contribution in [0.1, 0.15) is 0 Å². The van der Waals surface area contributed by atoms with Gasteiger partial charge in [-0.2, -0.15) is 0 Å². The molecule has 332 valence electrons. The average molecular weight is 905 g/mol. The van der Waals surface area contributed by atoms with E-state index in [2.05, 4.69) is 270 Å². The second-order valence-corrected chi connectivity index (χ2v) is 18.4. The van der Waals surface area contributed by atoms with E-state index in [4.69, 9.17) is 4.42 Å². The Morgan fingerprint density at radius 2 is 0.690 bits per heavy atom. The van der Waals surface area contributed by atoms with E-state index >= 15 is 0 Å². The van der Waals surface area contributed by atoms with Crippen LogP contribution in [-0.4, -0.2) is 4.57 Å². The van der Waals surface area contributed by atoms with Gasteiger partial charge < -0.3 is 13.9 Å². The first kappa shape index (κ1) is 40.6. The van der Waals surface area contributed by atoms with Crippen molar-refractivity contribution in [2.24, 2.45) is 0 Å². The van der Waals surface area contributed by atoms with Crippen LogP contribution in [0.3, 0.4) is 0 Å². The predicted octanol–water partition coefficient (Wildman–Crippen LogP) is 19.1. The van der Waals surface area contributed by atoms with Crippen LogP contribution in [0.4, 0.5) is 17.1 Å². The van der Waals surface area contributed by atoms with Gasteiger partial charge in [-0.1, -0.05) is 164 Å². The van der Waals surface area contributed by atoms with Crippen LogP contribution in [0.15, 0.2) is 271 Å². The van der Waals surface area contributed by atoms with Gasteiger partial charge in [0.2, 0.25) is 0 Å². The summed E-state index contributed by atoms with van der Waals surface area (Å²) in [6.45, 7) is 0. The fraction of sp³-hybridized carbons (Fsp3) is 0. The lowest BCUT2D eigenvalue weighted by atomic mass is 9.84. The third-order valence-electron chi connectivity index (χ3n) is 14.3. The standard InChI is InChI=1S/C68H44N2O/c1-4-18-51(19-5-1)69(52-20-6-2-7-21-52)54-36-32-45(33-37-54)67-58-26-10-12-28-60(58)68(61-29-13-11-27-59(61)67)50-41-48(40-49(42-50)47-34-38-57-56-25-15-17-31-65(56)71-66(57)44-47)46-35-39-64-62(43-46)55-24-14-16-30-63(55)70(64)53-22-8-3-9-23-53/h1-44H. The molecular formula is C68H44N2O. The molecule has 14 rings (SSSR count). The van der Waals surface area contributed by atoms with Crippen molar-refractivity contribution in [3.8, 4) is 50.2 Å². The minimum atomic E-state index is 0.882. The number of rotatable bonds is 8. The lowest BCUT2D eigenvalue weighted by Gasteiger charge is -2.25. The molecule has 0 amide bonds. The van der Waals surface area contributed by atoms with Gasteiger partial charge >= 0.3 is 0 Å². The van der Waals surface area contributed by atoms with Crippen molar-refractivity contribution in [3.05, 3.63) is 267 Å². The Hall–Kier alpha value is -9.44. The van der Waals surface area contributed by atoms with Gasteiger partial charge in [0.05, 0.1) is 11.0 Å². The number of fused-ring (bicyclic) bond motifs is 8. The molecule has 0 spiro atoms. The highest BCUT2D eigenvalue weighted by Crippen LogP contribution is 2.47. The maximum absolute atomic E-state index is 6.50. The Bertz CT molecular complexity index is 4220. The van der Waals surface area contributed by atoms with Crippen LogP contribution >= 0.6 is 0 Å². The highest BCUT2D eigenvalue weighted by molar-refractivity contribution is 6.22. The molecule has 0 atom stereocenters. The smallest absolute Gasteiger partial charge is 0.136 e. The normalized spacial score (nSPS) is 11.7. The van der Waals surface area contributed by atoms with Gasteiger partial charge in [-0.15, -0.1) is 0 Å². The van der Waals surface area contributed by atoms with E-state index < -0.39 is 0 Å². The zero-order valence-corrected chi connectivity index (χ0v) is 38.7. The van der Waals surface area contributed by atoms with Gasteiger partial charge in [-0.05, 0) is 169 Å². The summed E-state index contributed by atoms with van der Waals surface area (Å²) in [5, 5.41) is 9.53. The van der Waals surface area contributed by atoms with Crippen LogP contribution < -0.4 is 4.90 Å². The van der Waals surface area contributed by atoms with Crippen molar-refractivity contribution in [2.75, 3.05) is 4.90 Å². The summed E-state index contributed by atoms with van der Waals surface area (Å²) < 4.78 is 8.89. The van der Waals surface area contributed by atoms with Crippen molar-refractivity contribution >= 4 is 82.4 Å². The fourth-order valence-electron chi connectivity index (χ4n) is 11.1. The van der Waals surface area contributed by atoms with Crippen LogP contribution in [0.5, 0.6) is 0 Å². The number of hydrogen-bond donors (Lipinski definition) is 0. The molecule has 0 unspecified atom stereocenters. The molecule has 14 aromatic rings. The number of nitrogens with zero attached hydrogens (tertiary/aromatic N) is 2. The van der Waals surface area contributed by atoms with Crippen LogP contribution in [-0.2, 0) is 0 Å². The number of aromatic nitrogens is 1. The molecule has 3 nitrogen and oxygen atoms in total. The average Bonchev–Trinajstić information content (AvgIpc) is 3.98. The first-order valence-electron chi connectivity index (χ1n) is 24.3. The quantitative estimate of drug-likeness (QED) is 0.142. The van der Waals surface area contributed by atoms with E-state index in [1.165, 1.54) is 60.0 Å². The lowest BCUT2D eigenvalue weighted by Crippen LogP contribution is -2.09. The van der Waals surface area contributed by atoms with E-state index in [0.29, 0.717) is 0 Å². The monoisotopic (exact) mass is 904 g/mol. The molecule has 0 saturated carbocycles. The summed E-state index contributed by atoms with van der Waals surface area (Å²) in [5.74, 6) is 0. The highest BCUT2D eigenvalue weighted by Gasteiger charge is 2.21. The van der Waals surface area contributed by atoms with E-state index in [1.54, 1.807) is 0 Å². The second-order valence-electron chi connectivity index (χ2n) is 18.4. The maximum Gasteiger partial charge on any atom is 0.136 e. The second kappa shape index (κ2) is 16.7. The van der Waals surface area contributed by atoms with E-state index in [9.17, 15) is 0 Å². The number of anilines is 3. The van der Waals surface area contributed by atoms with Gasteiger partial charge in [-0.3, -0.25) is 0 Å². The van der Waals surface area contributed by atoms with Crippen LogP contribution in [0.25, 0.3) is 115 Å². The molecule has 0 bridgehead atoms. The Balaban J connectivity index is 0.977. The molecule has 0 aliphatic rings. The zero-order chi connectivity index (χ0) is 46.8. The Morgan fingerprint density at radius 1 is 0.254 bits per heavy atom. The maximum atomic E-state index is 6.50. The molecule has 2 heterocycles. The number of para-hydroxylation sites is 5. The van der Waals surface area contributed by atoms with E-state index in [1.807, 2.05) is 6.07 Å². The minimum Gasteiger partial charge on any atom is -0.456 e. The molecule has 0 aliphatic carbocycles. The summed E-state index contributed by atoms with van der Waals surface area (Å²) in [6, 6.07) is 96.8. The highest BCUT2D eigenvalue weighted by atomic mass is 16.3. The summed E-state index contributed by atoms with van der Waals surface area (Å²) in [4.78, 5) is 2.32. The van der Waals surface area contributed by atoms with Gasteiger partial charge in [-0.25, -0.2) is 0 Å². The van der Waals surface area contributed by atoms with Gasteiger partial charge in [0, 0.05) is 44.3 Å². The van der Waals surface area contributed by atoms with Crippen molar-refractivity contribution in [1.82, 2.24) is 4.57 Å². The van der Waals surface area contributed by atoms with Crippen molar-refractivity contribution in [3.63, 3.8) is 0 Å². The van der Waals surface area contributed by atoms with E-state index in [-0.39, 0.29) is 0 Å². The molecule has 0 radical (unpaired) electrons. The van der Waals surface area contributed by atoms with Crippen LogP contribution in [0.2, 0.25) is 0 Å². The molecule has 71 heavy (non-hydrogen) atoms. The number of furan rings is 1. The van der Waals surface area contributed by atoms with Gasteiger partial charge in [0.25, 0.3) is 0 Å². The molecule has 3 heteroatoms. The molecule has 12 aromatic carbocycles.